The van der Waals surface area contributed by atoms with Gasteiger partial charge in [0, 0.05) is 41.5 Å². The fourth-order valence-corrected chi connectivity index (χ4v) is 8.25. The lowest BCUT2D eigenvalue weighted by Gasteiger charge is -2.73. The topological polar surface area (TPSA) is 50.1 Å². The van der Waals surface area contributed by atoms with Crippen molar-refractivity contribution in [3.63, 3.8) is 0 Å². The molecule has 2 bridgehead atoms. The molecule has 3 aromatic rings. The number of hydrogen-bond acceptors (Lipinski definition) is 5. The highest BCUT2D eigenvalue weighted by atomic mass is 35.5. The lowest BCUT2D eigenvalue weighted by atomic mass is 9.38. The fourth-order valence-electron chi connectivity index (χ4n) is 8.06. The van der Waals surface area contributed by atoms with Gasteiger partial charge in [0.15, 0.2) is 5.82 Å². The lowest BCUT2D eigenvalue weighted by Crippen LogP contribution is -2.78. The summed E-state index contributed by atoms with van der Waals surface area (Å²) in [5.41, 5.74) is 0.628. The predicted molar refractivity (Wildman–Crippen MR) is 136 cm³/mol. The Morgan fingerprint density at radius 1 is 1.00 bits per heavy atom. The molecular weight excluding hydrogens is 532 g/mol. The second kappa shape index (κ2) is 7.51. The zero-order valence-corrected chi connectivity index (χ0v) is 22.2. The second-order valence-electron chi connectivity index (χ2n) is 12.7. The SMILES string of the molecule is Cc1nc(N2CC3(CC(c4nnc5n4-c4ccc(Cl)cc4CN(C46CC(C(F)(F)F)(C4)C6)C5)C3)C2)ccc1F. The Balaban J connectivity index is 1.04. The van der Waals surface area contributed by atoms with Gasteiger partial charge in [-0.15, -0.1) is 10.2 Å². The molecular formula is C28H27ClF4N6. The number of alkyl halides is 3. The minimum absolute atomic E-state index is 0.157. The van der Waals surface area contributed by atoms with Crippen molar-refractivity contribution in [2.45, 2.75) is 69.8 Å². The Morgan fingerprint density at radius 3 is 2.44 bits per heavy atom. The maximum atomic E-state index is 13.6. The van der Waals surface area contributed by atoms with E-state index < -0.39 is 17.1 Å². The summed E-state index contributed by atoms with van der Waals surface area (Å²) in [6.45, 7) is 4.45. The molecule has 0 atom stereocenters. The highest BCUT2D eigenvalue weighted by molar-refractivity contribution is 6.30. The van der Waals surface area contributed by atoms with E-state index in [1.54, 1.807) is 13.0 Å². The molecule has 5 fully saturated rings. The van der Waals surface area contributed by atoms with Crippen molar-refractivity contribution in [3.05, 3.63) is 64.1 Å². The molecule has 1 spiro atoms. The minimum atomic E-state index is -4.14. The summed E-state index contributed by atoms with van der Waals surface area (Å²) in [7, 11) is 0. The molecule has 1 saturated heterocycles. The Hall–Kier alpha value is -2.72. The van der Waals surface area contributed by atoms with Crippen LogP contribution in [0.1, 0.15) is 60.9 Å². The van der Waals surface area contributed by atoms with Gasteiger partial charge in [0.05, 0.1) is 23.3 Å². The van der Waals surface area contributed by atoms with Gasteiger partial charge in [0.25, 0.3) is 0 Å². The maximum Gasteiger partial charge on any atom is 0.394 e. The van der Waals surface area contributed by atoms with E-state index in [1.165, 1.54) is 6.07 Å². The van der Waals surface area contributed by atoms with Gasteiger partial charge < -0.3 is 4.90 Å². The molecule has 6 aliphatic rings. The molecule has 4 aliphatic carbocycles. The molecule has 1 aromatic carbocycles. The molecule has 9 rings (SSSR count). The van der Waals surface area contributed by atoms with Gasteiger partial charge in [-0.25, -0.2) is 9.37 Å². The number of hydrogen-bond donors (Lipinski definition) is 0. The molecule has 0 unspecified atom stereocenters. The third kappa shape index (κ3) is 3.27. The van der Waals surface area contributed by atoms with E-state index >= 15 is 0 Å². The second-order valence-corrected chi connectivity index (χ2v) is 13.1. The predicted octanol–water partition coefficient (Wildman–Crippen LogP) is 5.95. The number of benzene rings is 1. The fraction of sp³-hybridized carbons (Fsp3) is 0.536. The first-order valence-corrected chi connectivity index (χ1v) is 13.8. The van der Waals surface area contributed by atoms with Crippen LogP contribution in [0.25, 0.3) is 5.69 Å². The molecule has 4 saturated carbocycles. The molecule has 0 radical (unpaired) electrons. The van der Waals surface area contributed by atoms with Crippen LogP contribution in [0.5, 0.6) is 0 Å². The van der Waals surface area contributed by atoms with Crippen molar-refractivity contribution in [3.8, 4) is 5.69 Å². The number of aryl methyl sites for hydroxylation is 1. The third-order valence-corrected chi connectivity index (χ3v) is 10.3. The number of halogens is 5. The number of fused-ring (bicyclic) bond motifs is 3. The molecule has 2 aliphatic heterocycles. The lowest BCUT2D eigenvalue weighted by molar-refractivity contribution is -0.364. The number of anilines is 1. The van der Waals surface area contributed by atoms with Crippen LogP contribution < -0.4 is 4.90 Å². The van der Waals surface area contributed by atoms with Gasteiger partial charge in [0.1, 0.15) is 17.5 Å². The summed E-state index contributed by atoms with van der Waals surface area (Å²) < 4.78 is 56.5. The number of aromatic nitrogens is 4. The van der Waals surface area contributed by atoms with Crippen LogP contribution in [0.4, 0.5) is 23.4 Å². The summed E-state index contributed by atoms with van der Waals surface area (Å²) in [5, 5.41) is 9.82. The molecule has 204 valence electrons. The van der Waals surface area contributed by atoms with E-state index in [9.17, 15) is 17.6 Å². The van der Waals surface area contributed by atoms with Crippen LogP contribution >= 0.6 is 11.6 Å². The Morgan fingerprint density at radius 2 is 1.74 bits per heavy atom. The molecule has 0 N–H and O–H groups in total. The third-order valence-electron chi connectivity index (χ3n) is 10.1. The van der Waals surface area contributed by atoms with Gasteiger partial charge in [-0.2, -0.15) is 13.2 Å². The van der Waals surface area contributed by atoms with Crippen LogP contribution in [0.15, 0.2) is 30.3 Å². The van der Waals surface area contributed by atoms with Crippen LogP contribution in [-0.4, -0.2) is 49.5 Å². The Kier molecular flexibility index (Phi) is 4.64. The minimum Gasteiger partial charge on any atom is -0.355 e. The molecule has 2 aromatic heterocycles. The highest BCUT2D eigenvalue weighted by Gasteiger charge is 2.80. The largest absolute Gasteiger partial charge is 0.394 e. The van der Waals surface area contributed by atoms with E-state index in [-0.39, 0.29) is 36.4 Å². The molecule has 4 heterocycles. The summed E-state index contributed by atoms with van der Waals surface area (Å²) in [6.07, 6.45) is -1.71. The molecule has 39 heavy (non-hydrogen) atoms. The van der Waals surface area contributed by atoms with Crippen LogP contribution in [0, 0.1) is 23.6 Å². The van der Waals surface area contributed by atoms with E-state index in [2.05, 4.69) is 29.5 Å². The van der Waals surface area contributed by atoms with Crippen molar-refractivity contribution in [1.29, 1.82) is 0 Å². The number of rotatable bonds is 3. The van der Waals surface area contributed by atoms with Gasteiger partial charge >= 0.3 is 6.18 Å². The van der Waals surface area contributed by atoms with Crippen molar-refractivity contribution in [1.82, 2.24) is 24.6 Å². The molecule has 0 amide bonds. The van der Waals surface area contributed by atoms with E-state index in [0.717, 1.165) is 54.6 Å². The van der Waals surface area contributed by atoms with Crippen molar-refractivity contribution in [2.75, 3.05) is 18.0 Å². The van der Waals surface area contributed by atoms with E-state index in [4.69, 9.17) is 11.6 Å². The molecule has 6 nitrogen and oxygen atoms in total. The van der Waals surface area contributed by atoms with Gasteiger partial charge in [-0.3, -0.25) is 9.47 Å². The maximum absolute atomic E-state index is 13.6. The van der Waals surface area contributed by atoms with Crippen molar-refractivity contribution in [2.24, 2.45) is 10.8 Å². The smallest absolute Gasteiger partial charge is 0.355 e. The standard InChI is InChI=1S/C28H27ClF4N6/c1-16-20(30)3-5-22(34-16)37-14-25(15-37)7-18(8-25)24-36-35-23-10-38(27-11-26(12-27,13-27)28(31,32)33)9-17-6-19(29)2-4-21(17)39(23)24/h2-6,18H,7-15H2,1H3. The average molecular weight is 559 g/mol. The zero-order chi connectivity index (χ0) is 26.9. The first-order chi connectivity index (χ1) is 18.5. The average Bonchev–Trinajstić information content (AvgIpc) is 3.07. The summed E-state index contributed by atoms with van der Waals surface area (Å²) in [6, 6.07) is 8.98. The Labute approximate surface area is 228 Å². The Bertz CT molecular complexity index is 1500. The summed E-state index contributed by atoms with van der Waals surface area (Å²) >= 11 is 6.38. The number of pyridine rings is 1. The van der Waals surface area contributed by atoms with Gasteiger partial charge in [-0.05, 0) is 74.9 Å². The first-order valence-electron chi connectivity index (χ1n) is 13.4. The van der Waals surface area contributed by atoms with Crippen LogP contribution in [0.2, 0.25) is 5.02 Å². The van der Waals surface area contributed by atoms with Gasteiger partial charge in [0.2, 0.25) is 0 Å². The summed E-state index contributed by atoms with van der Waals surface area (Å²) in [5.74, 6) is 2.46. The normalized spacial score (nSPS) is 29.0. The van der Waals surface area contributed by atoms with Crippen LogP contribution in [-0.2, 0) is 13.1 Å². The quantitative estimate of drug-likeness (QED) is 0.372. The van der Waals surface area contributed by atoms with Crippen molar-refractivity contribution >= 4 is 17.4 Å². The van der Waals surface area contributed by atoms with E-state index in [0.29, 0.717) is 23.8 Å². The van der Waals surface area contributed by atoms with Crippen molar-refractivity contribution < 1.29 is 17.6 Å². The zero-order valence-electron chi connectivity index (χ0n) is 21.4. The van der Waals surface area contributed by atoms with Crippen LogP contribution in [0.3, 0.4) is 0 Å². The molecule has 11 heteroatoms. The van der Waals surface area contributed by atoms with E-state index in [1.807, 2.05) is 18.2 Å². The number of nitrogens with zero attached hydrogens (tertiary/aromatic N) is 6. The first kappa shape index (κ1) is 24.1. The highest BCUT2D eigenvalue weighted by Crippen LogP contribution is 2.75. The monoisotopic (exact) mass is 558 g/mol. The summed E-state index contributed by atoms with van der Waals surface area (Å²) in [4.78, 5) is 8.77. The van der Waals surface area contributed by atoms with Gasteiger partial charge in [-0.1, -0.05) is 11.6 Å².